The molecule has 30 heavy (non-hydrogen) atoms. The number of carboxylic acids is 1. The average Bonchev–Trinajstić information content (AvgIpc) is 2.70. The molecule has 2 atom stereocenters. The van der Waals surface area contributed by atoms with Crippen LogP contribution in [0.2, 0.25) is 5.02 Å². The van der Waals surface area contributed by atoms with E-state index in [9.17, 15) is 14.7 Å². The van der Waals surface area contributed by atoms with Gasteiger partial charge in [0.25, 0.3) is 0 Å². The third kappa shape index (κ3) is 4.10. The highest BCUT2D eigenvalue weighted by Crippen LogP contribution is 2.47. The maximum absolute atomic E-state index is 12.3. The van der Waals surface area contributed by atoms with Gasteiger partial charge in [-0.15, -0.1) is 0 Å². The summed E-state index contributed by atoms with van der Waals surface area (Å²) in [6, 6.07) is 10.6. The summed E-state index contributed by atoms with van der Waals surface area (Å²) in [7, 11) is 3.12. The van der Waals surface area contributed by atoms with Gasteiger partial charge in [-0.25, -0.2) is 9.59 Å². The average molecular weight is 431 g/mol. The monoisotopic (exact) mass is 430 g/mol. The van der Waals surface area contributed by atoms with E-state index >= 15 is 0 Å². The number of hydrogen-bond donors (Lipinski definition) is 2. The first-order valence-corrected chi connectivity index (χ1v) is 10.2. The Bertz CT molecular complexity index is 989. The van der Waals surface area contributed by atoms with Crippen molar-refractivity contribution in [2.75, 3.05) is 24.4 Å². The second-order valence-corrected chi connectivity index (χ2v) is 8.88. The van der Waals surface area contributed by atoms with Crippen LogP contribution in [0.1, 0.15) is 48.3 Å². The normalized spacial score (nSPS) is 18.0. The molecule has 0 radical (unpaired) electrons. The van der Waals surface area contributed by atoms with E-state index in [0.717, 1.165) is 28.9 Å². The number of ether oxygens (including phenoxy) is 1. The number of halogens is 1. The molecule has 0 bridgehead atoms. The molecule has 160 valence electrons. The zero-order valence-corrected chi connectivity index (χ0v) is 18.6. The Morgan fingerprint density at radius 2 is 2.00 bits per heavy atom. The van der Waals surface area contributed by atoms with Crippen molar-refractivity contribution in [2.45, 2.75) is 39.3 Å². The Balaban J connectivity index is 2.04. The van der Waals surface area contributed by atoms with Crippen molar-refractivity contribution in [1.82, 2.24) is 0 Å². The summed E-state index contributed by atoms with van der Waals surface area (Å²) in [6.07, 6.45) is 0.718. The molecular formula is C23H27ClN2O4. The first kappa shape index (κ1) is 22.0. The maximum atomic E-state index is 12.3. The van der Waals surface area contributed by atoms with Gasteiger partial charge < -0.3 is 20.1 Å². The number of carboxylic acid groups (broad SMARTS) is 1. The van der Waals surface area contributed by atoms with Crippen LogP contribution >= 0.6 is 11.6 Å². The molecule has 7 heteroatoms. The van der Waals surface area contributed by atoms with Gasteiger partial charge in [0, 0.05) is 17.8 Å². The first-order chi connectivity index (χ1) is 14.0. The Hall–Kier alpha value is -2.73. The van der Waals surface area contributed by atoms with Crippen LogP contribution < -0.4 is 10.2 Å². The van der Waals surface area contributed by atoms with E-state index in [2.05, 4.69) is 19.2 Å². The Morgan fingerprint density at radius 3 is 2.63 bits per heavy atom. The first-order valence-electron chi connectivity index (χ1n) is 9.78. The van der Waals surface area contributed by atoms with Gasteiger partial charge in [0.1, 0.15) is 6.04 Å². The number of hydrogen-bond acceptors (Lipinski definition) is 5. The van der Waals surface area contributed by atoms with E-state index < -0.39 is 18.0 Å². The van der Waals surface area contributed by atoms with Crippen molar-refractivity contribution in [3.05, 3.63) is 58.1 Å². The molecule has 1 aliphatic heterocycles. The van der Waals surface area contributed by atoms with Crippen molar-refractivity contribution in [2.24, 2.45) is 5.41 Å². The zero-order chi connectivity index (χ0) is 22.2. The SMILES string of the molecule is COC(=O)c1cc(Cl)cc2c1NC(c1cccc(N(C)C(C)C(=O)O)c1)C(C)(C)C2. The minimum absolute atomic E-state index is 0.0944. The number of methoxy groups -OCH3 is 1. The molecule has 0 amide bonds. The topological polar surface area (TPSA) is 78.9 Å². The number of fused-ring (bicyclic) bond motifs is 1. The van der Waals surface area contributed by atoms with Gasteiger partial charge in [-0.3, -0.25) is 0 Å². The molecule has 3 rings (SSSR count). The zero-order valence-electron chi connectivity index (χ0n) is 17.8. The molecule has 0 spiro atoms. The largest absolute Gasteiger partial charge is 0.480 e. The third-order valence-corrected chi connectivity index (χ3v) is 6.07. The van der Waals surface area contributed by atoms with E-state index in [-0.39, 0.29) is 11.5 Å². The van der Waals surface area contributed by atoms with Crippen LogP contribution in [0.4, 0.5) is 11.4 Å². The van der Waals surface area contributed by atoms with Crippen molar-refractivity contribution in [3.8, 4) is 0 Å². The van der Waals surface area contributed by atoms with Gasteiger partial charge in [0.2, 0.25) is 0 Å². The van der Waals surface area contributed by atoms with Crippen LogP contribution in [0.25, 0.3) is 0 Å². The van der Waals surface area contributed by atoms with Crippen LogP contribution in [0, 0.1) is 5.41 Å². The smallest absolute Gasteiger partial charge is 0.340 e. The van der Waals surface area contributed by atoms with E-state index in [4.69, 9.17) is 16.3 Å². The summed E-state index contributed by atoms with van der Waals surface area (Å²) >= 11 is 6.25. The molecule has 6 nitrogen and oxygen atoms in total. The fourth-order valence-corrected chi connectivity index (χ4v) is 4.27. The molecule has 0 saturated heterocycles. The molecule has 0 aromatic heterocycles. The van der Waals surface area contributed by atoms with Crippen molar-refractivity contribution >= 4 is 34.9 Å². The summed E-state index contributed by atoms with van der Waals surface area (Å²) < 4.78 is 4.95. The number of aliphatic carboxylic acids is 1. The molecular weight excluding hydrogens is 404 g/mol. The van der Waals surface area contributed by atoms with E-state index in [1.54, 1.807) is 24.9 Å². The number of likely N-dealkylation sites (N-methyl/N-ethyl adjacent to an activating group) is 1. The highest BCUT2D eigenvalue weighted by atomic mass is 35.5. The number of carbonyl (C=O) groups is 2. The fraction of sp³-hybridized carbons (Fsp3) is 0.391. The Morgan fingerprint density at radius 1 is 1.30 bits per heavy atom. The molecule has 1 aliphatic rings. The molecule has 2 aromatic rings. The number of nitrogens with zero attached hydrogens (tertiary/aromatic N) is 1. The fourth-order valence-electron chi connectivity index (χ4n) is 4.02. The number of esters is 1. The maximum Gasteiger partial charge on any atom is 0.340 e. The molecule has 2 unspecified atom stereocenters. The van der Waals surface area contributed by atoms with Gasteiger partial charge >= 0.3 is 11.9 Å². The molecule has 1 heterocycles. The predicted octanol–water partition coefficient (Wildman–Crippen LogP) is 4.77. The summed E-state index contributed by atoms with van der Waals surface area (Å²) in [6.45, 7) is 5.96. The van der Waals surface area contributed by atoms with Crippen LogP contribution in [0.15, 0.2) is 36.4 Å². The summed E-state index contributed by atoms with van der Waals surface area (Å²) in [5, 5.41) is 13.4. The molecule has 0 fully saturated rings. The number of anilines is 2. The van der Waals surface area contributed by atoms with Gasteiger partial charge in [0.15, 0.2) is 0 Å². The highest BCUT2D eigenvalue weighted by molar-refractivity contribution is 6.31. The van der Waals surface area contributed by atoms with Crippen LogP contribution in [-0.4, -0.2) is 37.2 Å². The van der Waals surface area contributed by atoms with E-state index in [1.807, 2.05) is 30.3 Å². The summed E-state index contributed by atoms with van der Waals surface area (Å²) in [4.78, 5) is 25.5. The summed E-state index contributed by atoms with van der Waals surface area (Å²) in [5.41, 5.74) is 3.76. The highest BCUT2D eigenvalue weighted by Gasteiger charge is 2.38. The van der Waals surface area contributed by atoms with Gasteiger partial charge in [0.05, 0.1) is 24.4 Å². The molecule has 2 aromatic carbocycles. The standard InChI is InChI=1S/C23H27ClN2O4/c1-13(21(27)28)26(4)17-8-6-7-14(10-17)20-23(2,3)12-15-9-16(24)11-18(19(15)25-20)22(29)30-5/h6-11,13,20,25H,12H2,1-5H3,(H,27,28). The quantitative estimate of drug-likeness (QED) is 0.665. The van der Waals surface area contributed by atoms with Crippen molar-refractivity contribution in [1.29, 1.82) is 0 Å². The second-order valence-electron chi connectivity index (χ2n) is 8.44. The lowest BCUT2D eigenvalue weighted by Gasteiger charge is -2.42. The van der Waals surface area contributed by atoms with Gasteiger partial charge in [-0.1, -0.05) is 37.6 Å². The third-order valence-electron chi connectivity index (χ3n) is 5.86. The van der Waals surface area contributed by atoms with Gasteiger partial charge in [-0.2, -0.15) is 0 Å². The number of nitrogens with one attached hydrogen (secondary N) is 1. The summed E-state index contributed by atoms with van der Waals surface area (Å²) in [5.74, 6) is -1.32. The minimum Gasteiger partial charge on any atom is -0.480 e. The second kappa shape index (κ2) is 8.19. The van der Waals surface area contributed by atoms with E-state index in [1.165, 1.54) is 7.11 Å². The lowest BCUT2D eigenvalue weighted by molar-refractivity contribution is -0.138. The number of carbonyl (C=O) groups excluding carboxylic acids is 1. The van der Waals surface area contributed by atoms with Crippen molar-refractivity contribution < 1.29 is 19.4 Å². The minimum atomic E-state index is -0.882. The molecule has 0 saturated carbocycles. The Kier molecular flexibility index (Phi) is 5.99. The number of rotatable bonds is 5. The predicted molar refractivity (Wildman–Crippen MR) is 119 cm³/mol. The van der Waals surface area contributed by atoms with E-state index in [0.29, 0.717) is 10.6 Å². The van der Waals surface area contributed by atoms with Crippen LogP contribution in [0.3, 0.4) is 0 Å². The van der Waals surface area contributed by atoms with Gasteiger partial charge in [-0.05, 0) is 54.2 Å². The molecule has 2 N–H and O–H groups in total. The van der Waals surface area contributed by atoms with Crippen LogP contribution in [0.5, 0.6) is 0 Å². The lowest BCUT2D eigenvalue weighted by atomic mass is 9.72. The number of benzene rings is 2. The molecule has 0 aliphatic carbocycles. The van der Waals surface area contributed by atoms with Crippen molar-refractivity contribution in [3.63, 3.8) is 0 Å². The van der Waals surface area contributed by atoms with Crippen LogP contribution in [-0.2, 0) is 16.0 Å². The lowest BCUT2D eigenvalue weighted by Crippen LogP contribution is -2.37. The Labute approximate surface area is 181 Å².